The first-order valence-corrected chi connectivity index (χ1v) is 8.36. The number of amides is 1. The van der Waals surface area contributed by atoms with Crippen molar-refractivity contribution in [1.82, 2.24) is 10.3 Å². The maximum atomic E-state index is 11.7. The van der Waals surface area contributed by atoms with Gasteiger partial charge in [0.25, 0.3) is 5.91 Å². The number of rotatable bonds is 3. The predicted molar refractivity (Wildman–Crippen MR) is 77.7 cm³/mol. The Morgan fingerprint density at radius 2 is 2.25 bits per heavy atom. The molecule has 1 unspecified atom stereocenters. The quantitative estimate of drug-likeness (QED) is 0.876. The molecule has 1 amide bonds. The molecule has 1 aliphatic rings. The highest BCUT2D eigenvalue weighted by atomic mass is 32.2. The highest BCUT2D eigenvalue weighted by Crippen LogP contribution is 2.18. The van der Waals surface area contributed by atoms with Gasteiger partial charge in [-0.25, -0.2) is 13.4 Å². The minimum atomic E-state index is -2.96. The molecule has 7 heteroatoms. The third-order valence-corrected chi connectivity index (χ3v) is 5.53. The summed E-state index contributed by atoms with van der Waals surface area (Å²) >= 11 is 0. The highest BCUT2D eigenvalue weighted by Gasteiger charge is 2.29. The van der Waals surface area contributed by atoms with Gasteiger partial charge in [-0.05, 0) is 26.0 Å². The molecule has 1 aromatic rings. The molecule has 0 radical (unpaired) electrons. The lowest BCUT2D eigenvalue weighted by atomic mass is 10.2. The highest BCUT2D eigenvalue weighted by molar-refractivity contribution is 7.92. The molecule has 20 heavy (non-hydrogen) atoms. The first kappa shape index (κ1) is 14.8. The molecule has 0 aliphatic carbocycles. The molecule has 1 N–H and O–H groups in total. The third-order valence-electron chi connectivity index (χ3n) is 3.41. The van der Waals surface area contributed by atoms with Gasteiger partial charge in [-0.2, -0.15) is 0 Å². The maximum absolute atomic E-state index is 11.7. The van der Waals surface area contributed by atoms with Crippen molar-refractivity contribution in [1.29, 1.82) is 0 Å². The number of nitrogens with zero attached hydrogens (tertiary/aromatic N) is 2. The van der Waals surface area contributed by atoms with Gasteiger partial charge < -0.3 is 10.2 Å². The van der Waals surface area contributed by atoms with E-state index in [1.165, 1.54) is 6.20 Å². The molecule has 1 saturated heterocycles. The van der Waals surface area contributed by atoms with Crippen LogP contribution in [0, 0.1) is 0 Å². The Labute approximate surface area is 119 Å². The monoisotopic (exact) mass is 297 g/mol. The summed E-state index contributed by atoms with van der Waals surface area (Å²) < 4.78 is 23.3. The predicted octanol–water partition coefficient (Wildman–Crippen LogP) is 0.455. The number of nitrogens with one attached hydrogen (secondary N) is 1. The van der Waals surface area contributed by atoms with E-state index in [0.717, 1.165) is 0 Å². The second-order valence-corrected chi connectivity index (χ2v) is 7.43. The number of carbonyl (C=O) groups excluding carboxylic acids is 1. The van der Waals surface area contributed by atoms with Crippen LogP contribution >= 0.6 is 0 Å². The third kappa shape index (κ3) is 3.09. The Kier molecular flexibility index (Phi) is 4.27. The fourth-order valence-electron chi connectivity index (χ4n) is 2.13. The number of hydrogen-bond donors (Lipinski definition) is 1. The van der Waals surface area contributed by atoms with Gasteiger partial charge in [0.2, 0.25) is 0 Å². The van der Waals surface area contributed by atoms with Gasteiger partial charge in [-0.3, -0.25) is 4.79 Å². The van der Waals surface area contributed by atoms with Gasteiger partial charge in [0.1, 0.15) is 5.82 Å². The molecule has 1 aromatic heterocycles. The van der Waals surface area contributed by atoms with Crippen LogP contribution < -0.4 is 10.2 Å². The molecular formula is C13H19N3O3S. The Morgan fingerprint density at radius 1 is 1.50 bits per heavy atom. The zero-order valence-corrected chi connectivity index (χ0v) is 12.5. The van der Waals surface area contributed by atoms with Crippen molar-refractivity contribution in [2.45, 2.75) is 19.1 Å². The molecule has 0 bridgehead atoms. The summed E-state index contributed by atoms with van der Waals surface area (Å²) in [6.07, 6.45) is 1.52. The maximum Gasteiger partial charge on any atom is 0.252 e. The molecule has 1 fully saturated rings. The average molecular weight is 297 g/mol. The number of anilines is 1. The standard InChI is InChI=1S/C13H19N3O3S/c1-3-14-13(17)11-4-5-12(15-8-11)16-6-7-20(18,19)10(2)9-16/h4-5,8,10H,3,6-7,9H2,1-2H3,(H,14,17). The molecule has 1 atom stereocenters. The lowest BCUT2D eigenvalue weighted by Crippen LogP contribution is -2.45. The van der Waals surface area contributed by atoms with E-state index in [9.17, 15) is 13.2 Å². The number of pyridine rings is 1. The second kappa shape index (κ2) is 5.78. The van der Waals surface area contributed by atoms with E-state index in [0.29, 0.717) is 31.0 Å². The van der Waals surface area contributed by atoms with Crippen molar-refractivity contribution < 1.29 is 13.2 Å². The van der Waals surface area contributed by atoms with Gasteiger partial charge in [-0.15, -0.1) is 0 Å². The van der Waals surface area contributed by atoms with E-state index in [1.807, 2.05) is 11.8 Å². The molecule has 0 aromatic carbocycles. The average Bonchev–Trinajstić information content (AvgIpc) is 2.42. The van der Waals surface area contributed by atoms with Crippen LogP contribution in [0.4, 0.5) is 5.82 Å². The van der Waals surface area contributed by atoms with Gasteiger partial charge >= 0.3 is 0 Å². The Balaban J connectivity index is 2.09. The van der Waals surface area contributed by atoms with E-state index in [1.54, 1.807) is 19.1 Å². The first-order valence-electron chi connectivity index (χ1n) is 6.65. The van der Waals surface area contributed by atoms with Crippen molar-refractivity contribution in [3.8, 4) is 0 Å². The first-order chi connectivity index (χ1) is 9.44. The van der Waals surface area contributed by atoms with Crippen LogP contribution in [-0.2, 0) is 9.84 Å². The Morgan fingerprint density at radius 3 is 2.80 bits per heavy atom. The largest absolute Gasteiger partial charge is 0.354 e. The smallest absolute Gasteiger partial charge is 0.252 e. The number of sulfone groups is 1. The lowest BCUT2D eigenvalue weighted by Gasteiger charge is -2.31. The van der Waals surface area contributed by atoms with E-state index >= 15 is 0 Å². The van der Waals surface area contributed by atoms with E-state index in [4.69, 9.17) is 0 Å². The number of hydrogen-bond acceptors (Lipinski definition) is 5. The fraction of sp³-hybridized carbons (Fsp3) is 0.538. The molecule has 0 saturated carbocycles. The van der Waals surface area contributed by atoms with Crippen molar-refractivity contribution in [3.63, 3.8) is 0 Å². The molecule has 0 spiro atoms. The van der Waals surface area contributed by atoms with Crippen molar-refractivity contribution in [3.05, 3.63) is 23.9 Å². The summed E-state index contributed by atoms with van der Waals surface area (Å²) in [5.41, 5.74) is 0.508. The second-order valence-electron chi connectivity index (χ2n) is 4.89. The summed E-state index contributed by atoms with van der Waals surface area (Å²) in [7, 11) is -2.96. The zero-order chi connectivity index (χ0) is 14.8. The lowest BCUT2D eigenvalue weighted by molar-refractivity contribution is 0.0955. The normalized spacial score (nSPS) is 21.5. The van der Waals surface area contributed by atoms with Crippen LogP contribution in [0.3, 0.4) is 0 Å². The van der Waals surface area contributed by atoms with Gasteiger partial charge in [0, 0.05) is 25.8 Å². The molecule has 1 aliphatic heterocycles. The van der Waals surface area contributed by atoms with Gasteiger partial charge in [0.15, 0.2) is 9.84 Å². The number of carbonyl (C=O) groups is 1. The van der Waals surface area contributed by atoms with E-state index in [-0.39, 0.29) is 16.9 Å². The van der Waals surface area contributed by atoms with Crippen LogP contribution in [0.5, 0.6) is 0 Å². The Hall–Kier alpha value is -1.63. The zero-order valence-electron chi connectivity index (χ0n) is 11.7. The minimum absolute atomic E-state index is 0.147. The fourth-order valence-corrected chi connectivity index (χ4v) is 3.42. The van der Waals surface area contributed by atoms with Crippen LogP contribution in [0.2, 0.25) is 0 Å². The summed E-state index contributed by atoms with van der Waals surface area (Å²) in [5, 5.41) is 2.32. The molecule has 2 heterocycles. The number of aromatic nitrogens is 1. The molecular weight excluding hydrogens is 278 g/mol. The van der Waals surface area contributed by atoms with E-state index in [2.05, 4.69) is 10.3 Å². The Bertz CT molecular complexity index is 583. The van der Waals surface area contributed by atoms with Crippen LogP contribution in [0.15, 0.2) is 18.3 Å². The molecule has 6 nitrogen and oxygen atoms in total. The van der Waals surface area contributed by atoms with Crippen molar-refractivity contribution >= 4 is 21.6 Å². The minimum Gasteiger partial charge on any atom is -0.354 e. The van der Waals surface area contributed by atoms with Crippen LogP contribution in [0.25, 0.3) is 0 Å². The van der Waals surface area contributed by atoms with Crippen LogP contribution in [0.1, 0.15) is 24.2 Å². The molecule has 2 rings (SSSR count). The molecule has 110 valence electrons. The van der Waals surface area contributed by atoms with E-state index < -0.39 is 9.84 Å². The topological polar surface area (TPSA) is 79.4 Å². The summed E-state index contributed by atoms with van der Waals surface area (Å²) in [5.74, 6) is 0.703. The van der Waals surface area contributed by atoms with Gasteiger partial charge in [0.05, 0.1) is 16.6 Å². The van der Waals surface area contributed by atoms with Crippen molar-refractivity contribution in [2.75, 3.05) is 30.3 Å². The summed E-state index contributed by atoms with van der Waals surface area (Å²) in [6, 6.07) is 3.47. The summed E-state index contributed by atoms with van der Waals surface area (Å²) in [4.78, 5) is 17.8. The SMILES string of the molecule is CCNC(=O)c1ccc(N2CCS(=O)(=O)C(C)C2)nc1. The van der Waals surface area contributed by atoms with Crippen molar-refractivity contribution in [2.24, 2.45) is 0 Å². The summed E-state index contributed by atoms with van der Waals surface area (Å²) in [6.45, 7) is 5.03. The van der Waals surface area contributed by atoms with Crippen LogP contribution in [-0.4, -0.2) is 49.9 Å². The van der Waals surface area contributed by atoms with Gasteiger partial charge in [-0.1, -0.05) is 0 Å².